The maximum atomic E-state index is 13.5. The van der Waals surface area contributed by atoms with E-state index in [9.17, 15) is 9.59 Å². The molecular formula is C31H31N3O3. The molecule has 1 saturated heterocycles. The molecule has 3 fully saturated rings. The van der Waals surface area contributed by atoms with Gasteiger partial charge in [0.15, 0.2) is 0 Å². The zero-order chi connectivity index (χ0) is 25.3. The molecule has 0 atom stereocenters. The molecule has 3 heterocycles. The van der Waals surface area contributed by atoms with E-state index in [1.807, 2.05) is 21.9 Å². The Morgan fingerprint density at radius 1 is 1.11 bits per heavy atom. The fourth-order valence-electron chi connectivity index (χ4n) is 5.86. The highest BCUT2D eigenvalue weighted by Gasteiger charge is 2.57. The molecule has 7 rings (SSSR count). The number of likely N-dealkylation sites (tertiary alicyclic amines) is 1. The lowest BCUT2D eigenvalue weighted by atomic mass is 9.97. The van der Waals surface area contributed by atoms with Crippen LogP contribution in [-0.4, -0.2) is 52.6 Å². The Labute approximate surface area is 216 Å². The number of hydrogen-bond donors (Lipinski definition) is 0. The van der Waals surface area contributed by atoms with Gasteiger partial charge in [0.05, 0.1) is 6.26 Å². The van der Waals surface area contributed by atoms with Crippen molar-refractivity contribution < 1.29 is 14.0 Å². The molecule has 0 bridgehead atoms. The van der Waals surface area contributed by atoms with E-state index in [-0.39, 0.29) is 11.8 Å². The van der Waals surface area contributed by atoms with E-state index >= 15 is 0 Å². The van der Waals surface area contributed by atoms with Crippen LogP contribution in [0.4, 0.5) is 0 Å². The van der Waals surface area contributed by atoms with E-state index in [1.165, 1.54) is 11.1 Å². The first-order valence-corrected chi connectivity index (χ1v) is 13.4. The third-order valence-electron chi connectivity index (χ3n) is 8.49. The minimum Gasteiger partial charge on any atom is -0.464 e. The minimum absolute atomic E-state index is 0.124. The third kappa shape index (κ3) is 3.81. The number of fused-ring (bicyclic) bond motifs is 1. The normalized spacial score (nSPS) is 21.8. The number of aliphatic imine (C=N–C) groups is 1. The molecule has 6 nitrogen and oxygen atoms in total. The van der Waals surface area contributed by atoms with Crippen LogP contribution in [-0.2, 0) is 9.59 Å². The molecule has 4 aliphatic rings. The molecule has 1 spiro atoms. The number of amidine groups is 1. The highest BCUT2D eigenvalue weighted by atomic mass is 16.3. The van der Waals surface area contributed by atoms with Gasteiger partial charge in [0, 0.05) is 36.5 Å². The second kappa shape index (κ2) is 8.17. The van der Waals surface area contributed by atoms with Crippen molar-refractivity contribution in [3.63, 3.8) is 0 Å². The summed E-state index contributed by atoms with van der Waals surface area (Å²) >= 11 is 0. The first kappa shape index (κ1) is 22.5. The zero-order valence-corrected chi connectivity index (χ0v) is 21.4. The van der Waals surface area contributed by atoms with E-state index in [0.717, 1.165) is 77.7 Å². The molecular weight excluding hydrogens is 462 g/mol. The number of benzene rings is 2. The predicted molar refractivity (Wildman–Crippen MR) is 143 cm³/mol. The number of rotatable bonds is 5. The van der Waals surface area contributed by atoms with Gasteiger partial charge < -0.3 is 9.32 Å². The summed E-state index contributed by atoms with van der Waals surface area (Å²) < 4.78 is 5.50. The second-order valence-corrected chi connectivity index (χ2v) is 11.2. The van der Waals surface area contributed by atoms with Crippen LogP contribution < -0.4 is 0 Å². The van der Waals surface area contributed by atoms with Crippen LogP contribution in [0.25, 0.3) is 22.1 Å². The molecule has 188 valence electrons. The average Bonchev–Trinajstić information content (AvgIpc) is 3.77. The number of amides is 2. The highest BCUT2D eigenvalue weighted by molar-refractivity contribution is 6.16. The van der Waals surface area contributed by atoms with Crippen LogP contribution >= 0.6 is 0 Å². The van der Waals surface area contributed by atoms with Crippen molar-refractivity contribution in [2.75, 3.05) is 19.6 Å². The summed E-state index contributed by atoms with van der Waals surface area (Å²) in [6, 6.07) is 14.6. The number of carbonyl (C=O) groups is 2. The van der Waals surface area contributed by atoms with Crippen LogP contribution in [0.15, 0.2) is 69.3 Å². The van der Waals surface area contributed by atoms with Gasteiger partial charge in [-0.2, -0.15) is 0 Å². The molecule has 2 aliphatic carbocycles. The average molecular weight is 494 g/mol. The lowest BCUT2D eigenvalue weighted by Crippen LogP contribution is -2.38. The minimum atomic E-state index is -0.553. The maximum Gasteiger partial charge on any atom is 0.256 e. The van der Waals surface area contributed by atoms with E-state index in [1.54, 1.807) is 6.26 Å². The molecule has 0 N–H and O–H groups in total. The van der Waals surface area contributed by atoms with Gasteiger partial charge in [0.1, 0.15) is 17.0 Å². The Bertz CT molecular complexity index is 1520. The summed E-state index contributed by atoms with van der Waals surface area (Å²) in [5, 5.41) is 1.08. The Morgan fingerprint density at radius 2 is 1.92 bits per heavy atom. The smallest absolute Gasteiger partial charge is 0.256 e. The molecule has 3 aromatic rings. The van der Waals surface area contributed by atoms with Gasteiger partial charge in [-0.3, -0.25) is 19.5 Å². The standard InChI is InChI=1S/C31H31N3O3/c1-19-15-24(5-7-26(19)22-6-8-27-23(16-22)10-14-37-27)28-32-31(11-12-31)30(36)34(28)17-20(2)25-9-13-33(18-25)29(35)21-3-4-21/h5-8,10,14-16,21H,3-4,9,11-13,17-18H2,1-2H3. The molecule has 6 heteroatoms. The second-order valence-electron chi connectivity index (χ2n) is 11.2. The Morgan fingerprint density at radius 3 is 2.68 bits per heavy atom. The van der Waals surface area contributed by atoms with E-state index in [0.29, 0.717) is 19.0 Å². The molecule has 1 aromatic heterocycles. The first-order chi connectivity index (χ1) is 17.9. The number of aryl methyl sites for hydroxylation is 1. The van der Waals surface area contributed by atoms with Crippen molar-refractivity contribution in [2.24, 2.45) is 10.9 Å². The van der Waals surface area contributed by atoms with Crippen molar-refractivity contribution in [1.29, 1.82) is 0 Å². The first-order valence-electron chi connectivity index (χ1n) is 13.4. The zero-order valence-electron chi connectivity index (χ0n) is 21.4. The van der Waals surface area contributed by atoms with Gasteiger partial charge in [0.2, 0.25) is 5.91 Å². The van der Waals surface area contributed by atoms with E-state index in [2.05, 4.69) is 44.2 Å². The largest absolute Gasteiger partial charge is 0.464 e. The van der Waals surface area contributed by atoms with Gasteiger partial charge in [-0.25, -0.2) is 0 Å². The monoisotopic (exact) mass is 493 g/mol. The summed E-state index contributed by atoms with van der Waals surface area (Å²) in [4.78, 5) is 34.9. The van der Waals surface area contributed by atoms with E-state index in [4.69, 9.17) is 9.41 Å². The van der Waals surface area contributed by atoms with Crippen molar-refractivity contribution in [3.8, 4) is 11.1 Å². The fourth-order valence-corrected chi connectivity index (χ4v) is 5.86. The molecule has 0 unspecified atom stereocenters. The van der Waals surface area contributed by atoms with Crippen LogP contribution in [0.5, 0.6) is 0 Å². The summed E-state index contributed by atoms with van der Waals surface area (Å²) in [6.45, 7) is 6.27. The quantitative estimate of drug-likeness (QED) is 0.442. The molecule has 0 radical (unpaired) electrons. The highest BCUT2D eigenvalue weighted by Crippen LogP contribution is 2.46. The fraction of sp³-hybridized carbons (Fsp3) is 0.387. The van der Waals surface area contributed by atoms with Crippen molar-refractivity contribution in [2.45, 2.75) is 51.5 Å². The Kier molecular flexibility index (Phi) is 4.97. The van der Waals surface area contributed by atoms with Crippen molar-refractivity contribution in [3.05, 3.63) is 71.0 Å². The summed E-state index contributed by atoms with van der Waals surface area (Å²) in [7, 11) is 0. The predicted octanol–water partition coefficient (Wildman–Crippen LogP) is 5.49. The molecule has 2 amide bonds. The van der Waals surface area contributed by atoms with Gasteiger partial charge >= 0.3 is 0 Å². The van der Waals surface area contributed by atoms with Gasteiger partial charge in [0.25, 0.3) is 5.91 Å². The molecule has 2 aromatic carbocycles. The summed E-state index contributed by atoms with van der Waals surface area (Å²) in [5.41, 5.74) is 7.24. The maximum absolute atomic E-state index is 13.5. The summed E-state index contributed by atoms with van der Waals surface area (Å²) in [5.74, 6) is 1.47. The van der Waals surface area contributed by atoms with Crippen LogP contribution in [0.2, 0.25) is 0 Å². The number of nitrogens with zero attached hydrogens (tertiary/aromatic N) is 3. The molecule has 2 saturated carbocycles. The summed E-state index contributed by atoms with van der Waals surface area (Å²) in [6.07, 6.45) is 6.34. The van der Waals surface area contributed by atoms with Crippen LogP contribution in [0.3, 0.4) is 0 Å². The molecule has 2 aliphatic heterocycles. The number of hydrogen-bond acceptors (Lipinski definition) is 4. The Hall–Kier alpha value is -3.67. The SMILES string of the molecule is CC(CN1C(=O)C2(CC2)N=C1c1ccc(-c2ccc3occc3c2)c(C)c1)=C1CCN(C(=O)C2CC2)C1. The third-order valence-corrected chi connectivity index (χ3v) is 8.49. The number of carbonyl (C=O) groups excluding carboxylic acids is 2. The van der Waals surface area contributed by atoms with Crippen LogP contribution in [0, 0.1) is 12.8 Å². The lowest BCUT2D eigenvalue weighted by molar-refractivity contribution is -0.131. The van der Waals surface area contributed by atoms with Gasteiger partial charge in [-0.15, -0.1) is 0 Å². The lowest BCUT2D eigenvalue weighted by Gasteiger charge is -2.22. The van der Waals surface area contributed by atoms with Gasteiger partial charge in [-0.1, -0.05) is 23.8 Å². The molecule has 37 heavy (non-hydrogen) atoms. The van der Waals surface area contributed by atoms with Crippen LogP contribution in [0.1, 0.15) is 50.2 Å². The van der Waals surface area contributed by atoms with Gasteiger partial charge in [-0.05, 0) is 92.5 Å². The van der Waals surface area contributed by atoms with E-state index < -0.39 is 5.54 Å². The number of furan rings is 1. The Balaban J connectivity index is 1.16. The van der Waals surface area contributed by atoms with Crippen molar-refractivity contribution in [1.82, 2.24) is 9.80 Å². The topological polar surface area (TPSA) is 66.1 Å². The van der Waals surface area contributed by atoms with Crippen molar-refractivity contribution >= 4 is 28.6 Å².